The van der Waals surface area contributed by atoms with E-state index in [-0.39, 0.29) is 37.0 Å². The van der Waals surface area contributed by atoms with Crippen LogP contribution in [0.1, 0.15) is 18.5 Å². The number of hydrogen-bond donors (Lipinski definition) is 2. The number of piperazine rings is 1. The standard InChI is InChI=1S/C11H17N5O2/c1-7(12)11(8-3-13-15(2)4-8)16-5-9(17)14-10(18)6-16/h3-4,7,11H,5-6,12H2,1-2H3,(H,14,17,18). The summed E-state index contributed by atoms with van der Waals surface area (Å²) in [6, 6.07) is -0.387. The van der Waals surface area contributed by atoms with E-state index < -0.39 is 0 Å². The van der Waals surface area contributed by atoms with Crippen LogP contribution in [0.25, 0.3) is 0 Å². The first kappa shape index (κ1) is 12.7. The number of nitrogens with two attached hydrogens (primary N) is 1. The van der Waals surface area contributed by atoms with Gasteiger partial charge in [-0.25, -0.2) is 0 Å². The van der Waals surface area contributed by atoms with Crippen molar-refractivity contribution in [2.75, 3.05) is 13.1 Å². The maximum Gasteiger partial charge on any atom is 0.240 e. The molecule has 0 aromatic carbocycles. The van der Waals surface area contributed by atoms with Gasteiger partial charge in [0.15, 0.2) is 0 Å². The molecule has 0 aliphatic carbocycles. The minimum absolute atomic E-state index is 0.173. The van der Waals surface area contributed by atoms with Crippen LogP contribution in [0.15, 0.2) is 12.4 Å². The monoisotopic (exact) mass is 251 g/mol. The number of rotatable bonds is 3. The molecular weight excluding hydrogens is 234 g/mol. The Labute approximate surface area is 105 Å². The van der Waals surface area contributed by atoms with E-state index in [4.69, 9.17) is 5.73 Å². The SMILES string of the molecule is CC(N)C(c1cnn(C)c1)N1CC(=O)NC(=O)C1. The average molecular weight is 251 g/mol. The van der Waals surface area contributed by atoms with Gasteiger partial charge in [0.25, 0.3) is 0 Å². The number of nitrogens with zero attached hydrogens (tertiary/aromatic N) is 3. The lowest BCUT2D eigenvalue weighted by Crippen LogP contribution is -2.54. The Hall–Kier alpha value is -1.73. The average Bonchev–Trinajstić information content (AvgIpc) is 2.62. The van der Waals surface area contributed by atoms with Crippen molar-refractivity contribution >= 4 is 11.8 Å². The van der Waals surface area contributed by atoms with E-state index in [2.05, 4.69) is 10.4 Å². The Morgan fingerprint density at radius 3 is 2.44 bits per heavy atom. The molecule has 1 aliphatic heterocycles. The Kier molecular flexibility index (Phi) is 3.44. The van der Waals surface area contributed by atoms with Crippen molar-refractivity contribution in [1.82, 2.24) is 20.0 Å². The molecule has 7 heteroatoms. The first-order valence-electron chi connectivity index (χ1n) is 5.78. The summed E-state index contributed by atoms with van der Waals surface area (Å²) >= 11 is 0. The van der Waals surface area contributed by atoms with E-state index in [0.717, 1.165) is 5.56 Å². The first-order chi connectivity index (χ1) is 8.47. The van der Waals surface area contributed by atoms with Crippen LogP contribution < -0.4 is 11.1 Å². The molecule has 1 aromatic rings. The van der Waals surface area contributed by atoms with Crippen molar-refractivity contribution in [3.63, 3.8) is 0 Å². The van der Waals surface area contributed by atoms with E-state index in [9.17, 15) is 9.59 Å². The molecule has 1 aromatic heterocycles. The number of aromatic nitrogens is 2. The van der Waals surface area contributed by atoms with Gasteiger partial charge in [-0.2, -0.15) is 5.10 Å². The van der Waals surface area contributed by atoms with Crippen molar-refractivity contribution < 1.29 is 9.59 Å². The third-order valence-electron chi connectivity index (χ3n) is 2.93. The van der Waals surface area contributed by atoms with Crippen molar-refractivity contribution in [1.29, 1.82) is 0 Å². The summed E-state index contributed by atoms with van der Waals surface area (Å²) in [5, 5.41) is 6.38. The molecule has 2 atom stereocenters. The zero-order valence-corrected chi connectivity index (χ0v) is 10.5. The molecule has 0 saturated carbocycles. The molecule has 0 bridgehead atoms. The number of amides is 2. The number of hydrogen-bond acceptors (Lipinski definition) is 5. The van der Waals surface area contributed by atoms with Gasteiger partial charge in [-0.05, 0) is 6.92 Å². The van der Waals surface area contributed by atoms with Gasteiger partial charge in [0.2, 0.25) is 11.8 Å². The van der Waals surface area contributed by atoms with E-state index in [1.807, 2.05) is 20.2 Å². The third-order valence-corrected chi connectivity index (χ3v) is 2.93. The van der Waals surface area contributed by atoms with Crippen molar-refractivity contribution in [2.45, 2.75) is 19.0 Å². The molecule has 0 radical (unpaired) electrons. The van der Waals surface area contributed by atoms with Crippen molar-refractivity contribution in [3.8, 4) is 0 Å². The molecule has 0 spiro atoms. The summed E-state index contributed by atoms with van der Waals surface area (Å²) in [5.41, 5.74) is 6.89. The van der Waals surface area contributed by atoms with E-state index in [1.54, 1.807) is 15.8 Å². The molecule has 2 heterocycles. The lowest BCUT2D eigenvalue weighted by Gasteiger charge is -2.34. The molecule has 2 amide bonds. The second-order valence-corrected chi connectivity index (χ2v) is 4.63. The molecule has 2 unspecified atom stereocenters. The number of aryl methyl sites for hydroxylation is 1. The number of carbonyl (C=O) groups excluding carboxylic acids is 2. The molecule has 98 valence electrons. The Morgan fingerprint density at radius 2 is 2.00 bits per heavy atom. The van der Waals surface area contributed by atoms with Gasteiger partial charge >= 0.3 is 0 Å². The summed E-state index contributed by atoms with van der Waals surface area (Å²) < 4.78 is 1.68. The minimum atomic E-state index is -0.291. The van der Waals surface area contributed by atoms with Crippen LogP contribution in [0.4, 0.5) is 0 Å². The van der Waals surface area contributed by atoms with Gasteiger partial charge in [0, 0.05) is 24.8 Å². The van der Waals surface area contributed by atoms with E-state index >= 15 is 0 Å². The summed E-state index contributed by atoms with van der Waals surface area (Å²) in [7, 11) is 1.82. The van der Waals surface area contributed by atoms with E-state index in [1.165, 1.54) is 0 Å². The van der Waals surface area contributed by atoms with Crippen LogP contribution in [0, 0.1) is 0 Å². The summed E-state index contributed by atoms with van der Waals surface area (Å²) in [6.45, 7) is 2.20. The minimum Gasteiger partial charge on any atom is -0.326 e. The normalized spacial score (nSPS) is 20.6. The quantitative estimate of drug-likeness (QED) is 0.656. The smallest absolute Gasteiger partial charge is 0.240 e. The highest BCUT2D eigenvalue weighted by Crippen LogP contribution is 2.23. The van der Waals surface area contributed by atoms with Crippen LogP contribution in [0.2, 0.25) is 0 Å². The molecule has 1 saturated heterocycles. The maximum atomic E-state index is 11.4. The topological polar surface area (TPSA) is 93.2 Å². The van der Waals surface area contributed by atoms with Gasteiger partial charge in [0.1, 0.15) is 0 Å². The lowest BCUT2D eigenvalue weighted by atomic mass is 10.0. The Morgan fingerprint density at radius 1 is 1.39 bits per heavy atom. The Balaban J connectivity index is 2.25. The van der Waals surface area contributed by atoms with Crippen molar-refractivity contribution in [3.05, 3.63) is 18.0 Å². The summed E-state index contributed by atoms with van der Waals surface area (Å²) in [6.07, 6.45) is 3.57. The molecule has 1 fully saturated rings. The predicted octanol–water partition coefficient (Wildman–Crippen LogP) is -1.23. The molecule has 2 rings (SSSR count). The molecule has 18 heavy (non-hydrogen) atoms. The summed E-state index contributed by atoms with van der Waals surface area (Å²) in [4.78, 5) is 24.6. The maximum absolute atomic E-state index is 11.4. The van der Waals surface area contributed by atoms with Gasteiger partial charge in [-0.15, -0.1) is 0 Å². The zero-order chi connectivity index (χ0) is 13.3. The molecule has 1 aliphatic rings. The van der Waals surface area contributed by atoms with E-state index in [0.29, 0.717) is 0 Å². The third kappa shape index (κ3) is 2.57. The van der Waals surface area contributed by atoms with Crippen LogP contribution in [0.3, 0.4) is 0 Å². The highest BCUT2D eigenvalue weighted by molar-refractivity contribution is 5.99. The fourth-order valence-electron chi connectivity index (χ4n) is 2.30. The highest BCUT2D eigenvalue weighted by atomic mass is 16.2. The molecular formula is C11H17N5O2. The second kappa shape index (κ2) is 4.87. The van der Waals surface area contributed by atoms with Crippen molar-refractivity contribution in [2.24, 2.45) is 12.8 Å². The highest BCUT2D eigenvalue weighted by Gasteiger charge is 2.32. The molecule has 3 N–H and O–H groups in total. The molecule has 7 nitrogen and oxygen atoms in total. The van der Waals surface area contributed by atoms with Gasteiger partial charge in [-0.1, -0.05) is 0 Å². The van der Waals surface area contributed by atoms with Gasteiger partial charge in [0.05, 0.1) is 25.3 Å². The summed E-state index contributed by atoms with van der Waals surface area (Å²) in [5.74, 6) is -0.582. The predicted molar refractivity (Wildman–Crippen MR) is 64.3 cm³/mol. The number of imide groups is 1. The Bertz CT molecular complexity index is 452. The number of carbonyl (C=O) groups is 2. The second-order valence-electron chi connectivity index (χ2n) is 4.63. The fourth-order valence-corrected chi connectivity index (χ4v) is 2.30. The van der Waals surface area contributed by atoms with Crippen LogP contribution in [-0.4, -0.2) is 45.6 Å². The lowest BCUT2D eigenvalue weighted by molar-refractivity contribution is -0.137. The van der Waals surface area contributed by atoms with Crippen LogP contribution in [0.5, 0.6) is 0 Å². The van der Waals surface area contributed by atoms with Crippen LogP contribution in [-0.2, 0) is 16.6 Å². The van der Waals surface area contributed by atoms with Crippen LogP contribution >= 0.6 is 0 Å². The zero-order valence-electron chi connectivity index (χ0n) is 10.5. The van der Waals surface area contributed by atoms with Gasteiger partial charge in [-0.3, -0.25) is 24.5 Å². The van der Waals surface area contributed by atoms with Gasteiger partial charge < -0.3 is 5.73 Å². The first-order valence-corrected chi connectivity index (χ1v) is 5.78. The largest absolute Gasteiger partial charge is 0.326 e. The fraction of sp³-hybridized carbons (Fsp3) is 0.545. The number of nitrogens with one attached hydrogen (secondary N) is 1.